The van der Waals surface area contributed by atoms with Crippen molar-refractivity contribution >= 4 is 28.5 Å². The number of hydrogen-bond acceptors (Lipinski definition) is 2. The largest absolute Gasteiger partial charge is 0.340 e. The first-order valence-corrected chi connectivity index (χ1v) is 6.93. The van der Waals surface area contributed by atoms with Gasteiger partial charge in [-0.05, 0) is 13.8 Å². The fourth-order valence-corrected chi connectivity index (χ4v) is 2.40. The van der Waals surface area contributed by atoms with Gasteiger partial charge in [0.25, 0.3) is 0 Å². The van der Waals surface area contributed by atoms with Crippen molar-refractivity contribution in [1.29, 1.82) is 0 Å². The van der Waals surface area contributed by atoms with E-state index in [0.717, 1.165) is 26.2 Å². The molecule has 4 heteroatoms. The second-order valence-corrected chi connectivity index (χ2v) is 8.58. The smallest absolute Gasteiger partial charge is 0.228 e. The van der Waals surface area contributed by atoms with Gasteiger partial charge in [0.15, 0.2) is 0 Å². The molecular weight excluding hydrogens is 315 g/mol. The molecule has 1 heterocycles. The summed E-state index contributed by atoms with van der Waals surface area (Å²) in [6.07, 6.45) is 0. The minimum absolute atomic E-state index is 0.189. The van der Waals surface area contributed by atoms with Crippen LogP contribution in [0, 0.1) is 5.41 Å². The molecule has 1 rings (SSSR count). The summed E-state index contributed by atoms with van der Waals surface area (Å²) in [7, 11) is 0. The predicted molar refractivity (Wildman–Crippen MR) is 75.7 cm³/mol. The maximum Gasteiger partial charge on any atom is 0.228 e. The van der Waals surface area contributed by atoms with Gasteiger partial charge in [-0.1, -0.05) is 43.4 Å². The number of carbonyl (C=O) groups is 1. The maximum absolute atomic E-state index is 12.1. The average Bonchev–Trinajstić information content (AvgIpc) is 2.14. The van der Waals surface area contributed by atoms with Crippen LogP contribution in [0.3, 0.4) is 0 Å². The van der Waals surface area contributed by atoms with Crippen molar-refractivity contribution in [2.45, 2.75) is 38.2 Å². The van der Waals surface area contributed by atoms with Gasteiger partial charge in [-0.2, -0.15) is 0 Å². The first-order valence-electron chi connectivity index (χ1n) is 5.86. The van der Waals surface area contributed by atoms with E-state index in [1.807, 2.05) is 25.7 Å². The topological polar surface area (TPSA) is 23.6 Å². The second kappa shape index (κ2) is 4.80. The number of hydrogen-bond donors (Lipinski definition) is 0. The molecule has 3 nitrogen and oxygen atoms in total. The summed E-state index contributed by atoms with van der Waals surface area (Å²) in [5.41, 5.74) is -0.248. The summed E-state index contributed by atoms with van der Waals surface area (Å²) in [4.78, 5) is 16.5. The molecule has 0 aliphatic carbocycles. The zero-order valence-corrected chi connectivity index (χ0v) is 13.2. The van der Waals surface area contributed by atoms with E-state index >= 15 is 0 Å². The Hall–Kier alpha value is 0.160. The standard InChI is InChI=1S/C12H23IN2O/c1-11(2,3)10(16)14-6-8-15(9-7-14)12(4,5)13/h6-9H2,1-5H3. The lowest BCUT2D eigenvalue weighted by Gasteiger charge is -2.42. The Bertz CT molecular complexity index is 257. The predicted octanol–water partition coefficient (Wildman–Crippen LogP) is 2.35. The van der Waals surface area contributed by atoms with Gasteiger partial charge >= 0.3 is 0 Å². The summed E-state index contributed by atoms with van der Waals surface area (Å²) in [5.74, 6) is 0.276. The minimum atomic E-state index is -0.248. The number of carbonyl (C=O) groups excluding carboxylic acids is 1. The van der Waals surface area contributed by atoms with E-state index in [-0.39, 0.29) is 14.9 Å². The molecule has 1 aliphatic rings. The first-order chi connectivity index (χ1) is 7.12. The summed E-state index contributed by atoms with van der Waals surface area (Å²) >= 11 is 2.46. The van der Waals surface area contributed by atoms with Crippen molar-refractivity contribution in [3.8, 4) is 0 Å². The van der Waals surface area contributed by atoms with Gasteiger partial charge in [0, 0.05) is 31.6 Å². The van der Waals surface area contributed by atoms with E-state index in [2.05, 4.69) is 41.3 Å². The molecule has 0 atom stereocenters. The summed E-state index contributed by atoms with van der Waals surface area (Å²) in [6.45, 7) is 14.1. The van der Waals surface area contributed by atoms with Crippen molar-refractivity contribution in [3.63, 3.8) is 0 Å². The van der Waals surface area contributed by atoms with Crippen molar-refractivity contribution in [2.24, 2.45) is 5.41 Å². The van der Waals surface area contributed by atoms with E-state index in [1.54, 1.807) is 0 Å². The first kappa shape index (κ1) is 14.2. The van der Waals surface area contributed by atoms with E-state index in [4.69, 9.17) is 0 Å². The lowest BCUT2D eigenvalue weighted by atomic mass is 9.94. The molecule has 0 aromatic heterocycles. The van der Waals surface area contributed by atoms with Crippen LogP contribution in [0.15, 0.2) is 0 Å². The molecule has 0 unspecified atom stereocenters. The fourth-order valence-electron chi connectivity index (χ4n) is 1.92. The highest BCUT2D eigenvalue weighted by molar-refractivity contribution is 14.1. The number of halogens is 1. The molecule has 1 aliphatic heterocycles. The van der Waals surface area contributed by atoms with Crippen LogP contribution in [0.5, 0.6) is 0 Å². The molecule has 1 fully saturated rings. The SMILES string of the molecule is CC(C)(C)C(=O)N1CCN(C(C)(C)I)CC1. The van der Waals surface area contributed by atoms with Crippen LogP contribution >= 0.6 is 22.6 Å². The van der Waals surface area contributed by atoms with Crippen molar-refractivity contribution < 1.29 is 4.79 Å². The van der Waals surface area contributed by atoms with Crippen molar-refractivity contribution in [3.05, 3.63) is 0 Å². The molecule has 0 N–H and O–H groups in total. The van der Waals surface area contributed by atoms with E-state index < -0.39 is 0 Å². The molecule has 0 bridgehead atoms. The normalized spacial score (nSPS) is 20.0. The second-order valence-electron chi connectivity index (χ2n) is 5.94. The van der Waals surface area contributed by atoms with E-state index in [9.17, 15) is 4.79 Å². The lowest BCUT2D eigenvalue weighted by Crippen LogP contribution is -2.55. The highest BCUT2D eigenvalue weighted by Gasteiger charge is 2.32. The Morgan fingerprint density at radius 3 is 1.75 bits per heavy atom. The highest BCUT2D eigenvalue weighted by atomic mass is 127. The number of alkyl halides is 1. The van der Waals surface area contributed by atoms with Crippen LogP contribution in [-0.4, -0.2) is 45.4 Å². The fraction of sp³-hybridized carbons (Fsp3) is 0.917. The summed E-state index contributed by atoms with van der Waals surface area (Å²) in [6, 6.07) is 0. The van der Waals surface area contributed by atoms with Crippen LogP contribution in [-0.2, 0) is 4.79 Å². The van der Waals surface area contributed by atoms with Gasteiger partial charge in [0.05, 0.1) is 3.55 Å². The van der Waals surface area contributed by atoms with Crippen LogP contribution in [0.1, 0.15) is 34.6 Å². The van der Waals surface area contributed by atoms with Gasteiger partial charge in [-0.3, -0.25) is 9.69 Å². The lowest BCUT2D eigenvalue weighted by molar-refractivity contribution is -0.141. The Balaban J connectivity index is 2.53. The van der Waals surface area contributed by atoms with Crippen LogP contribution < -0.4 is 0 Å². The maximum atomic E-state index is 12.1. The molecule has 0 radical (unpaired) electrons. The van der Waals surface area contributed by atoms with Gasteiger partial charge in [-0.15, -0.1) is 0 Å². The monoisotopic (exact) mass is 338 g/mol. The van der Waals surface area contributed by atoms with Crippen molar-refractivity contribution in [1.82, 2.24) is 9.80 Å². The molecule has 0 aromatic rings. The average molecular weight is 338 g/mol. The molecule has 94 valence electrons. The summed E-state index contributed by atoms with van der Waals surface area (Å²) < 4.78 is 0.189. The molecule has 1 amide bonds. The molecule has 0 spiro atoms. The number of amides is 1. The number of nitrogens with zero attached hydrogens (tertiary/aromatic N) is 2. The molecule has 0 saturated carbocycles. The molecule has 16 heavy (non-hydrogen) atoms. The minimum Gasteiger partial charge on any atom is -0.340 e. The zero-order valence-electron chi connectivity index (χ0n) is 11.0. The third-order valence-corrected chi connectivity index (χ3v) is 3.64. The zero-order chi connectivity index (χ0) is 12.6. The quantitative estimate of drug-likeness (QED) is 0.416. The van der Waals surface area contributed by atoms with Crippen molar-refractivity contribution in [2.75, 3.05) is 26.2 Å². The van der Waals surface area contributed by atoms with Gasteiger partial charge in [0.2, 0.25) is 5.91 Å². The van der Waals surface area contributed by atoms with Gasteiger partial charge in [0.1, 0.15) is 0 Å². The third kappa shape index (κ3) is 3.58. The molecular formula is C12H23IN2O. The number of piperazine rings is 1. The van der Waals surface area contributed by atoms with E-state index in [1.165, 1.54) is 0 Å². The van der Waals surface area contributed by atoms with Crippen LogP contribution in [0.2, 0.25) is 0 Å². The Morgan fingerprint density at radius 2 is 1.44 bits per heavy atom. The molecule has 1 saturated heterocycles. The Kier molecular flexibility index (Phi) is 4.27. The third-order valence-electron chi connectivity index (χ3n) is 2.96. The van der Waals surface area contributed by atoms with E-state index in [0.29, 0.717) is 0 Å². The van der Waals surface area contributed by atoms with Crippen LogP contribution in [0.25, 0.3) is 0 Å². The van der Waals surface area contributed by atoms with Gasteiger partial charge < -0.3 is 4.90 Å². The summed E-state index contributed by atoms with van der Waals surface area (Å²) in [5, 5.41) is 0. The Labute approximate surface area is 113 Å². The molecule has 0 aromatic carbocycles. The number of rotatable bonds is 1. The highest BCUT2D eigenvalue weighted by Crippen LogP contribution is 2.25. The van der Waals surface area contributed by atoms with Crippen LogP contribution in [0.4, 0.5) is 0 Å². The van der Waals surface area contributed by atoms with Gasteiger partial charge in [-0.25, -0.2) is 0 Å². The Morgan fingerprint density at radius 1 is 1.00 bits per heavy atom.